The van der Waals surface area contributed by atoms with Crippen LogP contribution in [0, 0.1) is 10.1 Å². The molecular formula is C16H19N3O5. The highest BCUT2D eigenvalue weighted by Gasteiger charge is 2.21. The summed E-state index contributed by atoms with van der Waals surface area (Å²) >= 11 is 0. The summed E-state index contributed by atoms with van der Waals surface area (Å²) in [6, 6.07) is 7.56. The Hall–Kier alpha value is -2.87. The Morgan fingerprint density at radius 3 is 2.71 bits per heavy atom. The molecule has 1 heterocycles. The summed E-state index contributed by atoms with van der Waals surface area (Å²) in [6.45, 7) is 0.305. The van der Waals surface area contributed by atoms with Crippen LogP contribution in [-0.4, -0.2) is 43.5 Å². The van der Waals surface area contributed by atoms with Crippen molar-refractivity contribution in [2.24, 2.45) is 0 Å². The average molecular weight is 333 g/mol. The van der Waals surface area contributed by atoms with E-state index in [1.54, 1.807) is 12.3 Å². The van der Waals surface area contributed by atoms with E-state index in [-0.39, 0.29) is 23.0 Å². The van der Waals surface area contributed by atoms with Gasteiger partial charge in [0.1, 0.15) is 5.76 Å². The van der Waals surface area contributed by atoms with Crippen LogP contribution in [0.4, 0.5) is 5.69 Å². The standard InChI is InChI=1S/C16H19N3O5/c1-18(2)13(15-5-4-8-24-15)10-17-16(20)11-6-7-14(23-3)12(9-11)19(21)22/h4-9,13H,10H2,1-3H3,(H,17,20)/t13-/m1/s1. The number of rotatable bonds is 7. The van der Waals surface area contributed by atoms with Crippen LogP contribution in [0.5, 0.6) is 5.75 Å². The van der Waals surface area contributed by atoms with Crippen molar-refractivity contribution < 1.29 is 18.9 Å². The smallest absolute Gasteiger partial charge is 0.311 e. The van der Waals surface area contributed by atoms with Gasteiger partial charge in [-0.05, 0) is 38.4 Å². The number of carbonyl (C=O) groups is 1. The molecule has 1 aromatic carbocycles. The van der Waals surface area contributed by atoms with Crippen LogP contribution in [0.25, 0.3) is 0 Å². The molecule has 1 aromatic heterocycles. The molecule has 0 unspecified atom stereocenters. The van der Waals surface area contributed by atoms with Crippen molar-refractivity contribution in [1.82, 2.24) is 10.2 Å². The number of ether oxygens (including phenoxy) is 1. The molecule has 0 aliphatic rings. The number of methoxy groups -OCH3 is 1. The predicted molar refractivity (Wildman–Crippen MR) is 87.1 cm³/mol. The molecule has 0 radical (unpaired) electrons. The molecule has 1 amide bonds. The average Bonchev–Trinajstić information content (AvgIpc) is 3.08. The second kappa shape index (κ2) is 7.60. The van der Waals surface area contributed by atoms with E-state index in [2.05, 4.69) is 5.32 Å². The van der Waals surface area contributed by atoms with Crippen molar-refractivity contribution >= 4 is 11.6 Å². The van der Waals surface area contributed by atoms with Crippen molar-refractivity contribution in [3.8, 4) is 5.75 Å². The monoisotopic (exact) mass is 333 g/mol. The van der Waals surface area contributed by atoms with E-state index in [1.165, 1.54) is 25.3 Å². The molecule has 1 N–H and O–H groups in total. The molecule has 0 aliphatic carbocycles. The van der Waals surface area contributed by atoms with E-state index in [1.807, 2.05) is 25.1 Å². The third-order valence-electron chi connectivity index (χ3n) is 3.59. The number of nitro groups is 1. The lowest BCUT2D eigenvalue weighted by Gasteiger charge is -2.22. The minimum Gasteiger partial charge on any atom is -0.490 e. The number of furan rings is 1. The topological polar surface area (TPSA) is 97.8 Å². The summed E-state index contributed by atoms with van der Waals surface area (Å²) in [6.07, 6.45) is 1.57. The summed E-state index contributed by atoms with van der Waals surface area (Å²) < 4.78 is 10.3. The number of hydrogen-bond acceptors (Lipinski definition) is 6. The van der Waals surface area contributed by atoms with Crippen LogP contribution in [0.2, 0.25) is 0 Å². The maximum Gasteiger partial charge on any atom is 0.311 e. The van der Waals surface area contributed by atoms with Gasteiger partial charge in [0, 0.05) is 18.2 Å². The molecule has 0 saturated carbocycles. The minimum absolute atomic E-state index is 0.110. The molecule has 2 rings (SSSR count). The van der Waals surface area contributed by atoms with Crippen molar-refractivity contribution in [2.45, 2.75) is 6.04 Å². The Bertz CT molecular complexity index is 713. The summed E-state index contributed by atoms with van der Waals surface area (Å²) in [7, 11) is 5.09. The van der Waals surface area contributed by atoms with Crippen molar-refractivity contribution in [3.05, 3.63) is 58.0 Å². The van der Waals surface area contributed by atoms with E-state index in [0.717, 1.165) is 5.76 Å². The highest BCUT2D eigenvalue weighted by Crippen LogP contribution is 2.27. The third-order valence-corrected chi connectivity index (χ3v) is 3.59. The molecule has 128 valence electrons. The van der Waals surface area contributed by atoms with Gasteiger partial charge < -0.3 is 14.5 Å². The first-order valence-corrected chi connectivity index (χ1v) is 7.24. The molecule has 0 fully saturated rings. The molecule has 1 atom stereocenters. The van der Waals surface area contributed by atoms with E-state index in [9.17, 15) is 14.9 Å². The number of nitro benzene ring substituents is 1. The number of nitrogens with one attached hydrogen (secondary N) is 1. The van der Waals surface area contributed by atoms with Crippen molar-refractivity contribution in [2.75, 3.05) is 27.7 Å². The fraction of sp³-hybridized carbons (Fsp3) is 0.312. The molecule has 0 spiro atoms. The summed E-state index contributed by atoms with van der Waals surface area (Å²) in [5.74, 6) is 0.429. The van der Waals surface area contributed by atoms with Gasteiger partial charge in [-0.2, -0.15) is 0 Å². The van der Waals surface area contributed by atoms with Crippen LogP contribution >= 0.6 is 0 Å². The number of nitrogens with zero attached hydrogens (tertiary/aromatic N) is 2. The maximum atomic E-state index is 12.3. The molecule has 2 aromatic rings. The van der Waals surface area contributed by atoms with Gasteiger partial charge in [-0.3, -0.25) is 19.8 Å². The molecule has 0 saturated heterocycles. The second-order valence-corrected chi connectivity index (χ2v) is 5.35. The molecule has 8 nitrogen and oxygen atoms in total. The number of benzene rings is 1. The van der Waals surface area contributed by atoms with Gasteiger partial charge >= 0.3 is 5.69 Å². The van der Waals surface area contributed by atoms with Gasteiger partial charge in [0.05, 0.1) is 24.3 Å². The van der Waals surface area contributed by atoms with Gasteiger partial charge in [0.2, 0.25) is 0 Å². The van der Waals surface area contributed by atoms with Gasteiger partial charge in [-0.1, -0.05) is 0 Å². The Morgan fingerprint density at radius 1 is 1.42 bits per heavy atom. The lowest BCUT2D eigenvalue weighted by Crippen LogP contribution is -2.34. The Labute approximate surface area is 139 Å². The fourth-order valence-electron chi connectivity index (χ4n) is 2.28. The largest absolute Gasteiger partial charge is 0.490 e. The zero-order valence-corrected chi connectivity index (χ0v) is 13.7. The number of hydrogen-bond donors (Lipinski definition) is 1. The summed E-state index contributed by atoms with van der Waals surface area (Å²) in [5, 5.41) is 13.8. The second-order valence-electron chi connectivity index (χ2n) is 5.35. The van der Waals surface area contributed by atoms with Crippen molar-refractivity contribution in [3.63, 3.8) is 0 Å². The van der Waals surface area contributed by atoms with Gasteiger partial charge in [-0.25, -0.2) is 0 Å². The number of carbonyl (C=O) groups excluding carboxylic acids is 1. The van der Waals surface area contributed by atoms with Crippen LogP contribution in [0.1, 0.15) is 22.2 Å². The highest BCUT2D eigenvalue weighted by molar-refractivity contribution is 5.95. The fourth-order valence-corrected chi connectivity index (χ4v) is 2.28. The van der Waals surface area contributed by atoms with Gasteiger partial charge in [0.15, 0.2) is 5.75 Å². The molecule has 24 heavy (non-hydrogen) atoms. The van der Waals surface area contributed by atoms with Crippen LogP contribution in [0.3, 0.4) is 0 Å². The normalized spacial score (nSPS) is 12.0. The molecule has 0 aliphatic heterocycles. The SMILES string of the molecule is COc1ccc(C(=O)NC[C@H](c2ccco2)N(C)C)cc1[N+](=O)[O-]. The Kier molecular flexibility index (Phi) is 5.54. The lowest BCUT2D eigenvalue weighted by atomic mass is 10.1. The Morgan fingerprint density at radius 2 is 2.17 bits per heavy atom. The first kappa shape index (κ1) is 17.5. The van der Waals surface area contributed by atoms with Gasteiger partial charge in [-0.15, -0.1) is 0 Å². The zero-order chi connectivity index (χ0) is 17.7. The summed E-state index contributed by atoms with van der Waals surface area (Å²) in [5.41, 5.74) is -0.0557. The third kappa shape index (κ3) is 3.90. The minimum atomic E-state index is -0.582. The van der Waals surface area contributed by atoms with E-state index in [0.29, 0.717) is 6.54 Å². The highest BCUT2D eigenvalue weighted by atomic mass is 16.6. The maximum absolute atomic E-state index is 12.3. The van der Waals surface area contributed by atoms with E-state index in [4.69, 9.17) is 9.15 Å². The van der Waals surface area contributed by atoms with Crippen LogP contribution in [0.15, 0.2) is 41.0 Å². The van der Waals surface area contributed by atoms with Crippen molar-refractivity contribution in [1.29, 1.82) is 0 Å². The molecule has 0 bridgehead atoms. The lowest BCUT2D eigenvalue weighted by molar-refractivity contribution is -0.385. The number of likely N-dealkylation sites (N-methyl/N-ethyl adjacent to an activating group) is 1. The zero-order valence-electron chi connectivity index (χ0n) is 13.7. The first-order valence-electron chi connectivity index (χ1n) is 7.24. The predicted octanol–water partition coefficient (Wildman–Crippen LogP) is 2.23. The van der Waals surface area contributed by atoms with E-state index >= 15 is 0 Å². The molecular weight excluding hydrogens is 314 g/mol. The Balaban J connectivity index is 2.12. The van der Waals surface area contributed by atoms with E-state index < -0.39 is 10.8 Å². The molecule has 8 heteroatoms. The summed E-state index contributed by atoms with van der Waals surface area (Å²) in [4.78, 5) is 24.7. The van der Waals surface area contributed by atoms with Gasteiger partial charge in [0.25, 0.3) is 5.91 Å². The quantitative estimate of drug-likeness (QED) is 0.616. The van der Waals surface area contributed by atoms with Crippen LogP contribution < -0.4 is 10.1 Å². The van der Waals surface area contributed by atoms with Crippen LogP contribution in [-0.2, 0) is 0 Å². The first-order chi connectivity index (χ1) is 11.4. The number of amides is 1.